The van der Waals surface area contributed by atoms with E-state index in [0.717, 1.165) is 19.3 Å². The molecule has 0 aliphatic carbocycles. The number of piperidine rings is 1. The molecular formula is C18H26N2O5S. The van der Waals surface area contributed by atoms with E-state index in [1.54, 1.807) is 19.9 Å². The Morgan fingerprint density at radius 1 is 1.23 bits per heavy atom. The fraction of sp³-hybridized carbons (Fsp3) is 0.556. The van der Waals surface area contributed by atoms with E-state index in [2.05, 4.69) is 5.32 Å². The third kappa shape index (κ3) is 5.04. The zero-order valence-electron chi connectivity index (χ0n) is 15.2. The van der Waals surface area contributed by atoms with E-state index in [0.29, 0.717) is 30.6 Å². The predicted molar refractivity (Wildman–Crippen MR) is 97.6 cm³/mol. The van der Waals surface area contributed by atoms with E-state index in [-0.39, 0.29) is 17.4 Å². The van der Waals surface area contributed by atoms with Crippen LogP contribution in [-0.2, 0) is 14.8 Å². The summed E-state index contributed by atoms with van der Waals surface area (Å²) in [5.41, 5.74) is 0.968. The molecule has 2 N–H and O–H groups in total. The number of carboxylic acids is 1. The number of benzene rings is 1. The number of carboxylic acid groups (broad SMARTS) is 1. The first kappa shape index (κ1) is 20.4. The molecule has 0 spiro atoms. The maximum absolute atomic E-state index is 12.8. The van der Waals surface area contributed by atoms with E-state index in [4.69, 9.17) is 5.11 Å². The molecule has 0 aromatic heterocycles. The first-order valence-corrected chi connectivity index (χ1v) is 10.3. The number of aryl methyl sites for hydroxylation is 1. The quantitative estimate of drug-likeness (QED) is 0.752. The number of nitrogens with one attached hydrogen (secondary N) is 1. The van der Waals surface area contributed by atoms with Gasteiger partial charge in [-0.15, -0.1) is 0 Å². The number of rotatable bonds is 7. The van der Waals surface area contributed by atoms with Crippen LogP contribution in [0.1, 0.15) is 54.9 Å². The lowest BCUT2D eigenvalue weighted by molar-refractivity contribution is -0.137. The van der Waals surface area contributed by atoms with Crippen LogP contribution in [0.4, 0.5) is 0 Å². The third-order valence-corrected chi connectivity index (χ3v) is 6.47. The van der Waals surface area contributed by atoms with Gasteiger partial charge in [0.2, 0.25) is 10.0 Å². The second-order valence-electron chi connectivity index (χ2n) is 6.75. The molecule has 0 bridgehead atoms. The minimum absolute atomic E-state index is 0.0379. The van der Waals surface area contributed by atoms with Crippen molar-refractivity contribution in [2.24, 2.45) is 0 Å². The van der Waals surface area contributed by atoms with Crippen molar-refractivity contribution in [3.05, 3.63) is 29.3 Å². The van der Waals surface area contributed by atoms with Crippen molar-refractivity contribution in [3.8, 4) is 0 Å². The molecule has 1 aromatic rings. The zero-order valence-corrected chi connectivity index (χ0v) is 16.0. The Morgan fingerprint density at radius 2 is 1.88 bits per heavy atom. The maximum Gasteiger partial charge on any atom is 0.303 e. The maximum atomic E-state index is 12.8. The SMILES string of the molecule is Cc1ccc(S(=O)(=O)N2CCCCC2)cc1C(=O)NC(C)CCC(=O)O. The number of amides is 1. The molecule has 0 saturated carbocycles. The summed E-state index contributed by atoms with van der Waals surface area (Å²) in [4.78, 5) is 23.3. The molecule has 1 atom stereocenters. The van der Waals surface area contributed by atoms with Crippen molar-refractivity contribution >= 4 is 21.9 Å². The average molecular weight is 382 g/mol. The smallest absolute Gasteiger partial charge is 0.303 e. The summed E-state index contributed by atoms with van der Waals surface area (Å²) in [7, 11) is -3.61. The molecule has 1 unspecified atom stereocenters. The largest absolute Gasteiger partial charge is 0.481 e. The van der Waals surface area contributed by atoms with Gasteiger partial charge >= 0.3 is 5.97 Å². The molecule has 1 aliphatic heterocycles. The van der Waals surface area contributed by atoms with Gasteiger partial charge in [0, 0.05) is 31.1 Å². The lowest BCUT2D eigenvalue weighted by Crippen LogP contribution is -2.36. The van der Waals surface area contributed by atoms with Gasteiger partial charge in [-0.05, 0) is 50.8 Å². The highest BCUT2D eigenvalue weighted by atomic mass is 32.2. The summed E-state index contributed by atoms with van der Waals surface area (Å²) < 4.78 is 27.1. The van der Waals surface area contributed by atoms with Crippen LogP contribution in [0.5, 0.6) is 0 Å². The second kappa shape index (κ2) is 8.64. The van der Waals surface area contributed by atoms with Gasteiger partial charge in [0.25, 0.3) is 5.91 Å². The molecular weight excluding hydrogens is 356 g/mol. The Balaban J connectivity index is 2.18. The number of aliphatic carboxylic acids is 1. The van der Waals surface area contributed by atoms with Crippen LogP contribution in [0.3, 0.4) is 0 Å². The number of sulfonamides is 1. The summed E-state index contributed by atoms with van der Waals surface area (Å²) in [6.07, 6.45) is 3.00. The Kier molecular flexibility index (Phi) is 6.77. The third-order valence-electron chi connectivity index (χ3n) is 4.58. The van der Waals surface area contributed by atoms with Crippen LogP contribution in [0.25, 0.3) is 0 Å². The van der Waals surface area contributed by atoms with Crippen molar-refractivity contribution < 1.29 is 23.1 Å². The lowest BCUT2D eigenvalue weighted by Gasteiger charge is -2.26. The number of carbonyl (C=O) groups excluding carboxylic acids is 1. The normalized spacial score (nSPS) is 16.8. The molecule has 0 radical (unpaired) electrons. The topological polar surface area (TPSA) is 104 Å². The van der Waals surface area contributed by atoms with E-state index >= 15 is 0 Å². The van der Waals surface area contributed by atoms with E-state index in [1.807, 2.05) is 0 Å². The zero-order chi connectivity index (χ0) is 19.3. The van der Waals surface area contributed by atoms with Gasteiger partial charge in [-0.3, -0.25) is 9.59 Å². The summed E-state index contributed by atoms with van der Waals surface area (Å²) in [5, 5.41) is 11.5. The predicted octanol–water partition coefficient (Wildman–Crippen LogP) is 2.15. The van der Waals surface area contributed by atoms with E-state index in [1.165, 1.54) is 16.4 Å². The highest BCUT2D eigenvalue weighted by Crippen LogP contribution is 2.23. The van der Waals surface area contributed by atoms with Gasteiger partial charge in [0.1, 0.15) is 0 Å². The van der Waals surface area contributed by atoms with E-state index in [9.17, 15) is 18.0 Å². The average Bonchev–Trinajstić information content (AvgIpc) is 2.60. The Hall–Kier alpha value is -1.93. The van der Waals surface area contributed by atoms with Gasteiger partial charge < -0.3 is 10.4 Å². The standard InChI is InChI=1S/C18H26N2O5S/c1-13-6-8-15(26(24,25)20-10-4-3-5-11-20)12-16(13)18(23)19-14(2)7-9-17(21)22/h6,8,12,14H,3-5,7,9-11H2,1-2H3,(H,19,23)(H,21,22). The highest BCUT2D eigenvalue weighted by Gasteiger charge is 2.27. The minimum Gasteiger partial charge on any atom is -0.481 e. The Morgan fingerprint density at radius 3 is 2.50 bits per heavy atom. The molecule has 1 saturated heterocycles. The summed E-state index contributed by atoms with van der Waals surface area (Å²) in [6.45, 7) is 4.48. The van der Waals surface area contributed by atoms with Crippen molar-refractivity contribution in [1.82, 2.24) is 9.62 Å². The van der Waals surface area contributed by atoms with E-state index < -0.39 is 21.9 Å². The summed E-state index contributed by atoms with van der Waals surface area (Å²) >= 11 is 0. The molecule has 8 heteroatoms. The fourth-order valence-electron chi connectivity index (χ4n) is 2.97. The molecule has 26 heavy (non-hydrogen) atoms. The molecule has 1 fully saturated rings. The lowest BCUT2D eigenvalue weighted by atomic mass is 10.1. The molecule has 1 aromatic carbocycles. The van der Waals surface area contributed by atoms with Gasteiger partial charge in [-0.1, -0.05) is 12.5 Å². The number of hydrogen-bond acceptors (Lipinski definition) is 4. The summed E-state index contributed by atoms with van der Waals surface area (Å²) in [5.74, 6) is -1.31. The van der Waals surface area contributed by atoms with Crippen LogP contribution >= 0.6 is 0 Å². The molecule has 144 valence electrons. The van der Waals surface area contributed by atoms with Crippen LogP contribution in [0.2, 0.25) is 0 Å². The van der Waals surface area contributed by atoms with Crippen LogP contribution in [0, 0.1) is 6.92 Å². The van der Waals surface area contributed by atoms with Gasteiger partial charge in [0.15, 0.2) is 0 Å². The van der Waals surface area contributed by atoms with Crippen molar-refractivity contribution in [1.29, 1.82) is 0 Å². The fourth-order valence-corrected chi connectivity index (χ4v) is 4.52. The van der Waals surface area contributed by atoms with Gasteiger partial charge in [-0.25, -0.2) is 8.42 Å². The molecule has 1 amide bonds. The second-order valence-corrected chi connectivity index (χ2v) is 8.69. The van der Waals surface area contributed by atoms with Gasteiger partial charge in [-0.2, -0.15) is 4.31 Å². The van der Waals surface area contributed by atoms with Crippen molar-refractivity contribution in [2.75, 3.05) is 13.1 Å². The van der Waals surface area contributed by atoms with Crippen molar-refractivity contribution in [3.63, 3.8) is 0 Å². The van der Waals surface area contributed by atoms with Crippen LogP contribution < -0.4 is 5.32 Å². The first-order chi connectivity index (χ1) is 12.2. The van der Waals surface area contributed by atoms with Gasteiger partial charge in [0.05, 0.1) is 4.90 Å². The summed E-state index contributed by atoms with van der Waals surface area (Å²) in [6, 6.07) is 4.26. The number of nitrogens with zero attached hydrogens (tertiary/aromatic N) is 1. The Labute approximate surface area is 154 Å². The molecule has 1 aliphatic rings. The van der Waals surface area contributed by atoms with Crippen LogP contribution in [-0.4, -0.2) is 48.8 Å². The molecule has 7 nitrogen and oxygen atoms in total. The minimum atomic E-state index is -3.61. The number of hydrogen-bond donors (Lipinski definition) is 2. The molecule has 1 heterocycles. The first-order valence-electron chi connectivity index (χ1n) is 8.85. The Bertz CT molecular complexity index is 770. The van der Waals surface area contributed by atoms with Crippen molar-refractivity contribution in [2.45, 2.75) is 56.9 Å². The number of carbonyl (C=O) groups is 2. The molecule has 2 rings (SSSR count). The monoisotopic (exact) mass is 382 g/mol. The van der Waals surface area contributed by atoms with Crippen LogP contribution in [0.15, 0.2) is 23.1 Å². The highest BCUT2D eigenvalue weighted by molar-refractivity contribution is 7.89.